The molecule has 1 aliphatic heterocycles. The van der Waals surface area contributed by atoms with Crippen LogP contribution >= 0.6 is 11.3 Å². The van der Waals surface area contributed by atoms with Crippen molar-refractivity contribution in [3.05, 3.63) is 34.3 Å². The Kier molecular flexibility index (Phi) is 4.17. The van der Waals surface area contributed by atoms with Crippen molar-refractivity contribution < 1.29 is 0 Å². The molecule has 0 N–H and O–H groups in total. The summed E-state index contributed by atoms with van der Waals surface area (Å²) in [6.45, 7) is 5.54. The smallest absolute Gasteiger partial charge is 0.112 e. The van der Waals surface area contributed by atoms with E-state index in [1.165, 1.54) is 35.9 Å². The average Bonchev–Trinajstić information content (AvgIpc) is 3.05. The summed E-state index contributed by atoms with van der Waals surface area (Å²) < 4.78 is 2.16. The van der Waals surface area contributed by atoms with E-state index in [2.05, 4.69) is 38.8 Å². The first-order valence-electron chi connectivity index (χ1n) is 7.33. The second kappa shape index (κ2) is 6.06. The quantitative estimate of drug-likeness (QED) is 0.868. The number of hydrogen-bond acceptors (Lipinski definition) is 4. The van der Waals surface area contributed by atoms with Gasteiger partial charge in [0.2, 0.25) is 0 Å². The summed E-state index contributed by atoms with van der Waals surface area (Å²) in [5, 5.41) is 3.36. The van der Waals surface area contributed by atoms with E-state index in [0.717, 1.165) is 19.5 Å². The van der Waals surface area contributed by atoms with Gasteiger partial charge in [-0.2, -0.15) is 0 Å². The highest BCUT2D eigenvalue weighted by molar-refractivity contribution is 7.09. The van der Waals surface area contributed by atoms with Gasteiger partial charge in [-0.3, -0.25) is 0 Å². The Morgan fingerprint density at radius 1 is 1.45 bits per heavy atom. The minimum absolute atomic E-state index is 0.584. The lowest BCUT2D eigenvalue weighted by atomic mass is 9.97. The van der Waals surface area contributed by atoms with Gasteiger partial charge in [-0.1, -0.05) is 0 Å². The topological polar surface area (TPSA) is 34.0 Å². The molecule has 0 spiro atoms. The summed E-state index contributed by atoms with van der Waals surface area (Å²) in [7, 11) is 2.10. The van der Waals surface area contributed by atoms with Crippen LogP contribution in [0.2, 0.25) is 0 Å². The van der Waals surface area contributed by atoms with Crippen LogP contribution in [0.4, 0.5) is 0 Å². The van der Waals surface area contributed by atoms with Crippen LogP contribution in [0.3, 0.4) is 0 Å². The van der Waals surface area contributed by atoms with Gasteiger partial charge in [0.15, 0.2) is 0 Å². The Hall–Kier alpha value is -1.20. The van der Waals surface area contributed by atoms with Crippen molar-refractivity contribution in [2.24, 2.45) is 7.05 Å². The molecule has 0 bridgehead atoms. The first-order chi connectivity index (χ1) is 9.72. The second-order valence-corrected chi connectivity index (χ2v) is 6.71. The predicted octanol–water partition coefficient (Wildman–Crippen LogP) is 2.61. The molecule has 0 unspecified atom stereocenters. The lowest BCUT2D eigenvalue weighted by molar-refractivity contribution is 0.204. The molecular weight excluding hydrogens is 268 g/mol. The Balaban J connectivity index is 1.57. The summed E-state index contributed by atoms with van der Waals surface area (Å²) in [6.07, 6.45) is 7.56. The molecule has 1 saturated heterocycles. The standard InChI is InChI=1S/C15H22N4S/c1-12-17-14(11-20-12)5-8-19-7-3-4-13(10-19)15-16-6-9-18(15)2/h6,9,11,13H,3-5,7-8,10H2,1-2H3/t13-/m0/s1. The van der Waals surface area contributed by atoms with Crippen LogP contribution in [0.5, 0.6) is 0 Å². The van der Waals surface area contributed by atoms with E-state index in [1.807, 2.05) is 12.4 Å². The molecular formula is C15H22N4S. The van der Waals surface area contributed by atoms with E-state index < -0.39 is 0 Å². The van der Waals surface area contributed by atoms with Crippen LogP contribution in [0, 0.1) is 6.92 Å². The molecule has 0 saturated carbocycles. The molecule has 108 valence electrons. The van der Waals surface area contributed by atoms with Crippen LogP contribution in [0.1, 0.15) is 35.3 Å². The normalized spacial score (nSPS) is 20.4. The molecule has 2 aromatic rings. The summed E-state index contributed by atoms with van der Waals surface area (Å²) in [4.78, 5) is 11.6. The van der Waals surface area contributed by atoms with Crippen LogP contribution in [0.15, 0.2) is 17.8 Å². The molecule has 3 rings (SSSR count). The Labute approximate surface area is 124 Å². The van der Waals surface area contributed by atoms with E-state index in [1.54, 1.807) is 11.3 Å². The van der Waals surface area contributed by atoms with Crippen molar-refractivity contribution >= 4 is 11.3 Å². The van der Waals surface area contributed by atoms with Crippen molar-refractivity contribution in [2.75, 3.05) is 19.6 Å². The molecule has 0 amide bonds. The van der Waals surface area contributed by atoms with Gasteiger partial charge in [0, 0.05) is 50.2 Å². The van der Waals surface area contributed by atoms with E-state index in [4.69, 9.17) is 0 Å². The Morgan fingerprint density at radius 2 is 2.35 bits per heavy atom. The summed E-state index contributed by atoms with van der Waals surface area (Å²) in [5.74, 6) is 1.82. The van der Waals surface area contributed by atoms with Crippen LogP contribution < -0.4 is 0 Å². The number of aromatic nitrogens is 3. The lowest BCUT2D eigenvalue weighted by Crippen LogP contribution is -2.36. The highest BCUT2D eigenvalue weighted by Crippen LogP contribution is 2.25. The zero-order valence-electron chi connectivity index (χ0n) is 12.2. The number of likely N-dealkylation sites (tertiary alicyclic amines) is 1. The van der Waals surface area contributed by atoms with Crippen LogP contribution in [-0.2, 0) is 13.5 Å². The molecule has 0 radical (unpaired) electrons. The second-order valence-electron chi connectivity index (χ2n) is 5.64. The van der Waals surface area contributed by atoms with Crippen LogP contribution in [0.25, 0.3) is 0 Å². The van der Waals surface area contributed by atoms with E-state index in [-0.39, 0.29) is 0 Å². The Bertz CT molecular complexity index is 560. The number of imidazole rings is 1. The maximum atomic E-state index is 4.55. The fraction of sp³-hybridized carbons (Fsp3) is 0.600. The minimum Gasteiger partial charge on any atom is -0.338 e. The third-order valence-electron chi connectivity index (χ3n) is 4.08. The molecule has 2 aromatic heterocycles. The lowest BCUT2D eigenvalue weighted by Gasteiger charge is -2.32. The average molecular weight is 290 g/mol. The van der Waals surface area contributed by atoms with Crippen molar-refractivity contribution in [1.82, 2.24) is 19.4 Å². The van der Waals surface area contributed by atoms with Gasteiger partial charge in [-0.15, -0.1) is 11.3 Å². The number of nitrogens with zero attached hydrogens (tertiary/aromatic N) is 4. The van der Waals surface area contributed by atoms with Gasteiger partial charge in [0.25, 0.3) is 0 Å². The highest BCUT2D eigenvalue weighted by atomic mass is 32.1. The first kappa shape index (κ1) is 13.8. The summed E-state index contributed by atoms with van der Waals surface area (Å²) >= 11 is 1.75. The maximum absolute atomic E-state index is 4.55. The number of piperidine rings is 1. The van der Waals surface area contributed by atoms with Crippen molar-refractivity contribution in [2.45, 2.75) is 32.1 Å². The van der Waals surface area contributed by atoms with E-state index in [0.29, 0.717) is 5.92 Å². The van der Waals surface area contributed by atoms with Gasteiger partial charge >= 0.3 is 0 Å². The molecule has 0 aromatic carbocycles. The molecule has 1 aliphatic rings. The molecule has 4 nitrogen and oxygen atoms in total. The number of thiazole rings is 1. The zero-order chi connectivity index (χ0) is 13.9. The summed E-state index contributed by atoms with van der Waals surface area (Å²) in [6, 6.07) is 0. The highest BCUT2D eigenvalue weighted by Gasteiger charge is 2.23. The van der Waals surface area contributed by atoms with Crippen molar-refractivity contribution in [1.29, 1.82) is 0 Å². The fourth-order valence-electron chi connectivity index (χ4n) is 3.04. The minimum atomic E-state index is 0.584. The van der Waals surface area contributed by atoms with Gasteiger partial charge in [0.05, 0.1) is 10.7 Å². The first-order valence-corrected chi connectivity index (χ1v) is 8.21. The summed E-state index contributed by atoms with van der Waals surface area (Å²) in [5.41, 5.74) is 1.24. The molecule has 5 heteroatoms. The third-order valence-corrected chi connectivity index (χ3v) is 4.90. The predicted molar refractivity (Wildman–Crippen MR) is 82.2 cm³/mol. The SMILES string of the molecule is Cc1nc(CCN2CCC[C@H](c3nccn3C)C2)cs1. The number of aryl methyl sites for hydroxylation is 2. The molecule has 3 heterocycles. The number of rotatable bonds is 4. The monoisotopic (exact) mass is 290 g/mol. The molecule has 0 aliphatic carbocycles. The molecule has 1 atom stereocenters. The van der Waals surface area contributed by atoms with Crippen molar-refractivity contribution in [3.8, 4) is 0 Å². The fourth-order valence-corrected chi connectivity index (χ4v) is 3.68. The largest absolute Gasteiger partial charge is 0.338 e. The van der Waals surface area contributed by atoms with Crippen LogP contribution in [-0.4, -0.2) is 39.1 Å². The van der Waals surface area contributed by atoms with Crippen molar-refractivity contribution in [3.63, 3.8) is 0 Å². The zero-order valence-corrected chi connectivity index (χ0v) is 13.1. The van der Waals surface area contributed by atoms with E-state index >= 15 is 0 Å². The maximum Gasteiger partial charge on any atom is 0.112 e. The van der Waals surface area contributed by atoms with E-state index in [9.17, 15) is 0 Å². The Morgan fingerprint density at radius 3 is 3.05 bits per heavy atom. The number of hydrogen-bond donors (Lipinski definition) is 0. The van der Waals surface area contributed by atoms with Gasteiger partial charge in [-0.05, 0) is 26.3 Å². The molecule has 20 heavy (non-hydrogen) atoms. The van der Waals surface area contributed by atoms with Gasteiger partial charge < -0.3 is 9.47 Å². The molecule has 1 fully saturated rings. The van der Waals surface area contributed by atoms with Gasteiger partial charge in [0.1, 0.15) is 5.82 Å². The van der Waals surface area contributed by atoms with Gasteiger partial charge in [-0.25, -0.2) is 9.97 Å². The third kappa shape index (κ3) is 3.10.